The summed E-state index contributed by atoms with van der Waals surface area (Å²) in [4.78, 5) is 55.4. The molecule has 4 aromatic rings. The molecule has 141 heavy (non-hydrogen) atoms. The fourth-order valence-corrected chi connectivity index (χ4v) is 15.7. The van der Waals surface area contributed by atoms with Crippen molar-refractivity contribution in [1.82, 2.24) is 36.9 Å². The van der Waals surface area contributed by atoms with Gasteiger partial charge in [-0.1, -0.05) is 13.3 Å². The van der Waals surface area contributed by atoms with Gasteiger partial charge in [-0.05, 0) is 132 Å². The first-order chi connectivity index (χ1) is 65.9. The van der Waals surface area contributed by atoms with Gasteiger partial charge in [-0.25, -0.2) is 11.4 Å². The number of hydrogen-bond donors (Lipinski definition) is 19. The van der Waals surface area contributed by atoms with Crippen LogP contribution in [0.5, 0.6) is 69.0 Å². The van der Waals surface area contributed by atoms with Gasteiger partial charge in [-0.2, -0.15) is 80.9 Å². The van der Waals surface area contributed by atoms with Crippen LogP contribution in [0.1, 0.15) is 138 Å². The Morgan fingerprint density at radius 3 is 0.794 bits per heavy atom. The van der Waals surface area contributed by atoms with Crippen LogP contribution in [0.25, 0.3) is 0 Å². The highest BCUT2D eigenvalue weighted by Crippen LogP contribution is 2.44. The number of hydrazine groups is 1. The molecule has 0 atom stereocenters. The molecular weight excluding hydrogens is 2070 g/mol. The van der Waals surface area contributed by atoms with Crippen LogP contribution in [0.15, 0.2) is 89.3 Å². The number of nitrogens with one attached hydrogen (secondary N) is 7. The standard InChI is InChI=1S/C77H120N12O43S9/c1-2-3-18-84-74(90)58-47-68(130-52-59(78)49-82-16-4-19-85-75(91)55-41-62(121-23-7-32-133(94,95)96)70(127-29-13-38-139(112,113)114)63(42-55)122-24-8-33-134(97,98)99)73(132-54-61(88-80)50-83-17-5-20-86-76(92)56-43-64(123-25-9-34-135(100,101)102)71(128-30-14-39-140(115,116)117)65(44-56)124-26-10-35-136(103,104)105)69(48-58)131-53-60(79)51-89(81)22-6-21-87-77(93)57-45-66(125-27-11-36-137(106,107)108)72(129-31-15-40-141(118,119)120)67(46-57)126-28-12-37-138(109,110)111/h41-51,80,82-83H,2-40,52-54,78-79,81H2,1H3,(H,84,90)(H,85,91)(H,86,92)(H,87,93)(H,94,95,96)(H,97,98,99)(H,100,101,102)(H,103,104,105)(H,106,107,108)(H,109,110,111)(H,112,113,114)(H,115,116,117)(H,118,119,120)/b59-49-,60-51-,61-50-,88-80?. The quantitative estimate of drug-likeness (QED) is 0.00980. The Hall–Kier alpha value is -10.7. The van der Waals surface area contributed by atoms with Crippen LogP contribution < -0.4 is 106 Å². The predicted molar refractivity (Wildman–Crippen MR) is 504 cm³/mol. The first-order valence-corrected chi connectivity index (χ1v) is 57.3. The third-order valence-electron chi connectivity index (χ3n) is 17.8. The van der Waals surface area contributed by atoms with Crippen molar-refractivity contribution >= 4 is 115 Å². The number of carbonyl (C=O) groups excluding carboxylic acids is 4. The smallest absolute Gasteiger partial charge is 0.264 e. The number of ether oxygens (including phenoxy) is 12. The van der Waals surface area contributed by atoms with E-state index in [1.54, 1.807) is 0 Å². The number of hydrogen-bond acceptors (Lipinski definition) is 42. The van der Waals surface area contributed by atoms with Crippen LogP contribution in [0.4, 0.5) is 0 Å². The summed E-state index contributed by atoms with van der Waals surface area (Å²) in [5.74, 6) is -6.42. The molecule has 0 radical (unpaired) electrons. The van der Waals surface area contributed by atoms with Gasteiger partial charge in [0.25, 0.3) is 115 Å². The number of benzene rings is 4. The minimum absolute atomic E-state index is 0.00205. The Morgan fingerprint density at radius 1 is 0.312 bits per heavy atom. The van der Waals surface area contributed by atoms with Gasteiger partial charge in [-0.15, -0.1) is 0 Å². The van der Waals surface area contributed by atoms with E-state index >= 15 is 0 Å². The molecule has 0 fully saturated rings. The highest BCUT2D eigenvalue weighted by Gasteiger charge is 2.28. The summed E-state index contributed by atoms with van der Waals surface area (Å²) in [6, 6.07) is 9.50. The van der Waals surface area contributed by atoms with Gasteiger partial charge in [0.05, 0.1) is 123 Å². The largest absolute Gasteiger partial charge is 0.489 e. The van der Waals surface area contributed by atoms with Crippen molar-refractivity contribution in [2.45, 2.75) is 96.8 Å². The van der Waals surface area contributed by atoms with Gasteiger partial charge in [0.1, 0.15) is 25.5 Å². The summed E-state index contributed by atoms with van der Waals surface area (Å²) in [6.07, 6.45) is 2.87. The molecule has 0 unspecified atom stereocenters. The van der Waals surface area contributed by atoms with E-state index in [9.17, 15) is 136 Å². The zero-order chi connectivity index (χ0) is 105. The van der Waals surface area contributed by atoms with Gasteiger partial charge in [0.15, 0.2) is 46.0 Å². The molecule has 0 saturated heterocycles. The summed E-state index contributed by atoms with van der Waals surface area (Å²) in [7, 11) is -40.2. The molecule has 0 bridgehead atoms. The molecule has 0 spiro atoms. The molecule has 0 aromatic heterocycles. The molecule has 22 N–H and O–H groups in total. The summed E-state index contributed by atoms with van der Waals surface area (Å²) >= 11 is 0. The molecule has 800 valence electrons. The maximum Gasteiger partial charge on any atom is 0.264 e. The van der Waals surface area contributed by atoms with Crippen molar-refractivity contribution in [3.05, 3.63) is 106 Å². The van der Waals surface area contributed by atoms with E-state index in [1.807, 2.05) is 6.92 Å². The van der Waals surface area contributed by atoms with Crippen LogP contribution in [-0.4, -0.2) is 322 Å². The molecule has 4 rings (SSSR count). The molecule has 64 heteroatoms. The minimum Gasteiger partial charge on any atom is -0.489 e. The highest BCUT2D eigenvalue weighted by atomic mass is 32.3. The molecule has 0 aliphatic rings. The van der Waals surface area contributed by atoms with Crippen molar-refractivity contribution in [3.63, 3.8) is 0 Å². The van der Waals surface area contributed by atoms with E-state index in [4.69, 9.17) is 79.7 Å². The normalized spacial score (nSPS) is 12.5. The van der Waals surface area contributed by atoms with E-state index in [2.05, 4.69) is 37.0 Å². The number of unbranched alkanes of at least 4 members (excludes halogenated alkanes) is 1. The second kappa shape index (κ2) is 60.7. The molecule has 4 amide bonds. The Balaban J connectivity index is 1.68. The summed E-state index contributed by atoms with van der Waals surface area (Å²) in [5.41, 5.74) is 20.3. The lowest BCUT2D eigenvalue weighted by Gasteiger charge is -2.20. The Kier molecular flexibility index (Phi) is 52.8. The molecule has 0 heterocycles. The number of nitrogens with two attached hydrogens (primary N) is 3. The van der Waals surface area contributed by atoms with E-state index in [0.717, 1.165) is 41.4 Å². The van der Waals surface area contributed by atoms with Crippen LogP contribution in [0.3, 0.4) is 0 Å². The Morgan fingerprint density at radius 2 is 0.539 bits per heavy atom. The topological polar surface area (TPSA) is 858 Å². The minimum atomic E-state index is -4.47. The SMILES string of the molecule is CCCCNC(=O)c1cc(OC/C(N)=C/NCCCNC(=O)c2cc(OCCCS(=O)(=O)O)c(OCCCS(=O)(=O)O)c(OCCCS(=O)(=O)O)c2)c(OC/C(=C/NCCCNC(=O)c2cc(OCCCS(=O)(=O)O)c(OCCCS(=O)(=O)O)c(OCCCS(=O)(=O)O)c2)N=N)c(OC/C(N)=C/N(N)CCCNC(=O)c2cc(OCCCS(=O)(=O)O)c(OCCCS(=O)(=O)O)c(OCCCS(=O)(=O)O)c2)c1. The molecule has 4 aromatic carbocycles. The first kappa shape index (κ1) is 123. The maximum absolute atomic E-state index is 14.0. The first-order valence-electron chi connectivity index (χ1n) is 42.8. The molecule has 55 nitrogen and oxygen atoms in total. The van der Waals surface area contributed by atoms with E-state index in [0.29, 0.717) is 12.8 Å². The fraction of sp³-hybridized carbons (Fsp3) is 0.558. The van der Waals surface area contributed by atoms with Gasteiger partial charge in [-0.3, -0.25) is 60.2 Å². The Bertz CT molecular complexity index is 5800. The lowest BCUT2D eigenvalue weighted by molar-refractivity contribution is 0.0943. The number of nitrogens with zero attached hydrogens (tertiary/aromatic N) is 2. The van der Waals surface area contributed by atoms with Gasteiger partial charge >= 0.3 is 0 Å². The monoisotopic (exact) mass is 2190 g/mol. The second-order valence-electron chi connectivity index (χ2n) is 30.2. The highest BCUT2D eigenvalue weighted by molar-refractivity contribution is 7.87. The van der Waals surface area contributed by atoms with Gasteiger partial charge < -0.3 is 105 Å². The van der Waals surface area contributed by atoms with Crippen molar-refractivity contribution in [1.29, 1.82) is 5.53 Å². The average molecular weight is 2190 g/mol. The third-order valence-corrected chi connectivity index (χ3v) is 25.0. The van der Waals surface area contributed by atoms with E-state index < -0.39 is 246 Å². The van der Waals surface area contributed by atoms with Crippen LogP contribution >= 0.6 is 0 Å². The number of carbonyl (C=O) groups is 4. The average Bonchev–Trinajstić information content (AvgIpc) is 0.826. The molecule has 0 aliphatic carbocycles. The third kappa shape index (κ3) is 56.7. The molecular formula is C77H120N12O43S9. The molecule has 0 aliphatic heterocycles. The Labute approximate surface area is 816 Å². The van der Waals surface area contributed by atoms with E-state index in [-0.39, 0.29) is 231 Å². The summed E-state index contributed by atoms with van der Waals surface area (Å²) in [5, 5.41) is 21.4. The van der Waals surface area contributed by atoms with Crippen LogP contribution in [-0.2, 0) is 91.1 Å². The lowest BCUT2D eigenvalue weighted by atomic mass is 10.1. The molecule has 0 saturated carbocycles. The van der Waals surface area contributed by atoms with Crippen LogP contribution in [0.2, 0.25) is 0 Å². The maximum atomic E-state index is 14.0. The van der Waals surface area contributed by atoms with E-state index in [1.165, 1.54) is 30.7 Å². The summed E-state index contributed by atoms with van der Waals surface area (Å²) < 4.78 is 361. The van der Waals surface area contributed by atoms with Crippen LogP contribution in [0, 0.1) is 5.53 Å². The zero-order valence-electron chi connectivity index (χ0n) is 76.3. The lowest BCUT2D eigenvalue weighted by Crippen LogP contribution is -2.32. The number of amides is 4. The second-order valence-corrected chi connectivity index (χ2v) is 44.4. The van der Waals surface area contributed by atoms with Crippen molar-refractivity contribution in [2.75, 3.05) is 177 Å². The van der Waals surface area contributed by atoms with Crippen molar-refractivity contribution in [3.8, 4) is 69.0 Å². The predicted octanol–water partition coefficient (Wildman–Crippen LogP) is 1.55. The van der Waals surface area contributed by atoms with Gasteiger partial charge in [0.2, 0.25) is 23.0 Å². The number of rotatable bonds is 77. The zero-order valence-corrected chi connectivity index (χ0v) is 83.6. The van der Waals surface area contributed by atoms with Crippen molar-refractivity contribution < 1.29 is 193 Å². The summed E-state index contributed by atoms with van der Waals surface area (Å²) in [6.45, 7) is -3.31. The van der Waals surface area contributed by atoms with Crippen molar-refractivity contribution in [2.24, 2.45) is 22.4 Å². The van der Waals surface area contributed by atoms with Gasteiger partial charge in [0, 0.05) is 86.7 Å². The fourth-order valence-electron chi connectivity index (χ4n) is 11.4.